The van der Waals surface area contributed by atoms with Crippen molar-refractivity contribution in [2.75, 3.05) is 53.4 Å². The first kappa shape index (κ1) is 14.9. The van der Waals surface area contributed by atoms with Gasteiger partial charge in [0.15, 0.2) is 0 Å². The van der Waals surface area contributed by atoms with Crippen LogP contribution >= 0.6 is 0 Å². The molecule has 0 bridgehead atoms. The molecule has 17 heavy (non-hydrogen) atoms. The molecule has 1 aliphatic carbocycles. The minimum Gasteiger partial charge on any atom is -0.382 e. The Morgan fingerprint density at radius 3 is 2.00 bits per heavy atom. The second-order valence-electron chi connectivity index (χ2n) is 4.29. The molecule has 1 atom stereocenters. The van der Waals surface area contributed by atoms with Gasteiger partial charge in [-0.1, -0.05) is 0 Å². The van der Waals surface area contributed by atoms with Crippen LogP contribution in [0.25, 0.3) is 0 Å². The molecule has 5 heteroatoms. The summed E-state index contributed by atoms with van der Waals surface area (Å²) < 4.78 is 20.9. The summed E-state index contributed by atoms with van der Waals surface area (Å²) in [5, 5.41) is 0. The molecular weight excluding hydrogens is 222 g/mol. The average molecular weight is 247 g/mol. The van der Waals surface area contributed by atoms with Gasteiger partial charge in [0.05, 0.1) is 46.2 Å². The molecule has 0 aromatic carbocycles. The molecule has 0 aromatic rings. The fourth-order valence-electron chi connectivity index (χ4n) is 1.46. The predicted molar refractivity (Wildman–Crippen MR) is 65.0 cm³/mol. The lowest BCUT2D eigenvalue weighted by atomic mass is 10.2. The quantitative estimate of drug-likeness (QED) is 0.506. The molecule has 1 fully saturated rings. The molecule has 0 radical (unpaired) electrons. The van der Waals surface area contributed by atoms with Crippen LogP contribution in [0, 0.1) is 5.92 Å². The largest absolute Gasteiger partial charge is 0.382 e. The molecule has 0 spiro atoms. The predicted octanol–water partition coefficient (Wildman–Crippen LogP) is 0.420. The van der Waals surface area contributed by atoms with Crippen molar-refractivity contribution in [1.29, 1.82) is 0 Å². The third-order valence-corrected chi connectivity index (χ3v) is 2.71. The fourth-order valence-corrected chi connectivity index (χ4v) is 1.46. The molecule has 1 aliphatic rings. The Bertz CT molecular complexity index is 176. The van der Waals surface area contributed by atoms with Crippen molar-refractivity contribution in [3.05, 3.63) is 0 Å². The van der Waals surface area contributed by atoms with E-state index in [1.54, 1.807) is 7.11 Å². The van der Waals surface area contributed by atoms with Crippen LogP contribution in [-0.2, 0) is 18.9 Å². The van der Waals surface area contributed by atoms with Gasteiger partial charge >= 0.3 is 0 Å². The zero-order valence-corrected chi connectivity index (χ0v) is 10.7. The van der Waals surface area contributed by atoms with Gasteiger partial charge < -0.3 is 24.7 Å². The zero-order valence-electron chi connectivity index (χ0n) is 10.7. The number of ether oxygens (including phenoxy) is 4. The van der Waals surface area contributed by atoms with Crippen molar-refractivity contribution in [3.63, 3.8) is 0 Å². The summed E-state index contributed by atoms with van der Waals surface area (Å²) in [6, 6.07) is 0.215. The first-order valence-corrected chi connectivity index (χ1v) is 6.32. The number of rotatable bonds is 12. The molecule has 1 rings (SSSR count). The maximum Gasteiger partial charge on any atom is 0.0701 e. The van der Waals surface area contributed by atoms with Gasteiger partial charge in [0.2, 0.25) is 0 Å². The third kappa shape index (κ3) is 8.51. The monoisotopic (exact) mass is 247 g/mol. The first-order chi connectivity index (χ1) is 8.34. The Morgan fingerprint density at radius 2 is 1.47 bits per heavy atom. The van der Waals surface area contributed by atoms with Gasteiger partial charge in [-0.2, -0.15) is 0 Å². The maximum atomic E-state index is 5.89. The van der Waals surface area contributed by atoms with Crippen LogP contribution in [0.2, 0.25) is 0 Å². The van der Waals surface area contributed by atoms with Gasteiger partial charge in [-0.05, 0) is 18.8 Å². The van der Waals surface area contributed by atoms with Crippen molar-refractivity contribution >= 4 is 0 Å². The number of hydrogen-bond acceptors (Lipinski definition) is 5. The van der Waals surface area contributed by atoms with E-state index < -0.39 is 0 Å². The van der Waals surface area contributed by atoms with Crippen LogP contribution in [0.3, 0.4) is 0 Å². The minimum atomic E-state index is 0.215. The summed E-state index contributed by atoms with van der Waals surface area (Å²) in [5.41, 5.74) is 5.89. The van der Waals surface area contributed by atoms with E-state index in [0.29, 0.717) is 52.2 Å². The Kier molecular flexibility index (Phi) is 8.56. The Balaban J connectivity index is 1.69. The summed E-state index contributed by atoms with van der Waals surface area (Å²) in [5.74, 6) is 0.699. The van der Waals surface area contributed by atoms with E-state index in [-0.39, 0.29) is 6.04 Å². The SMILES string of the molecule is COCCOCCOCCOCC(N)C1CC1. The van der Waals surface area contributed by atoms with Crippen LogP contribution in [0.15, 0.2) is 0 Å². The standard InChI is InChI=1S/C12H25NO4/c1-14-4-5-15-6-7-16-8-9-17-10-12(13)11-2-3-11/h11-12H,2-10,13H2,1H3. The van der Waals surface area contributed by atoms with Crippen LogP contribution in [-0.4, -0.2) is 59.4 Å². The molecule has 0 aliphatic heterocycles. The lowest BCUT2D eigenvalue weighted by Gasteiger charge is -2.11. The van der Waals surface area contributed by atoms with Crippen molar-refractivity contribution in [3.8, 4) is 0 Å². The third-order valence-electron chi connectivity index (χ3n) is 2.71. The summed E-state index contributed by atoms with van der Waals surface area (Å²) in [6.45, 7) is 4.31. The molecular formula is C12H25NO4. The molecule has 102 valence electrons. The van der Waals surface area contributed by atoms with E-state index in [0.717, 1.165) is 0 Å². The maximum absolute atomic E-state index is 5.89. The Labute approximate surface area is 104 Å². The highest BCUT2D eigenvalue weighted by Gasteiger charge is 2.28. The Morgan fingerprint density at radius 1 is 0.941 bits per heavy atom. The normalized spacial score (nSPS) is 17.3. The number of nitrogens with two attached hydrogens (primary N) is 1. The highest BCUT2D eigenvalue weighted by atomic mass is 16.6. The van der Waals surface area contributed by atoms with E-state index in [4.69, 9.17) is 24.7 Å². The van der Waals surface area contributed by atoms with Crippen LogP contribution in [0.4, 0.5) is 0 Å². The molecule has 0 amide bonds. The minimum absolute atomic E-state index is 0.215. The average Bonchev–Trinajstić information content (AvgIpc) is 3.15. The second-order valence-corrected chi connectivity index (χ2v) is 4.29. The zero-order chi connectivity index (χ0) is 12.3. The van der Waals surface area contributed by atoms with E-state index >= 15 is 0 Å². The molecule has 1 unspecified atom stereocenters. The van der Waals surface area contributed by atoms with E-state index in [1.807, 2.05) is 0 Å². The molecule has 0 aromatic heterocycles. The smallest absolute Gasteiger partial charge is 0.0701 e. The molecule has 5 nitrogen and oxygen atoms in total. The lowest BCUT2D eigenvalue weighted by Crippen LogP contribution is -2.29. The molecule has 0 saturated heterocycles. The molecule has 0 heterocycles. The summed E-state index contributed by atoms with van der Waals surface area (Å²) in [6.07, 6.45) is 2.53. The van der Waals surface area contributed by atoms with Gasteiger partial charge in [-0.3, -0.25) is 0 Å². The first-order valence-electron chi connectivity index (χ1n) is 6.32. The molecule has 1 saturated carbocycles. The topological polar surface area (TPSA) is 62.9 Å². The van der Waals surface area contributed by atoms with Gasteiger partial charge in [-0.15, -0.1) is 0 Å². The van der Waals surface area contributed by atoms with Gasteiger partial charge in [-0.25, -0.2) is 0 Å². The van der Waals surface area contributed by atoms with Crippen molar-refractivity contribution in [2.45, 2.75) is 18.9 Å². The van der Waals surface area contributed by atoms with Gasteiger partial charge in [0.25, 0.3) is 0 Å². The summed E-state index contributed by atoms with van der Waals surface area (Å²) in [7, 11) is 1.66. The number of hydrogen-bond donors (Lipinski definition) is 1. The van der Waals surface area contributed by atoms with Crippen LogP contribution in [0.1, 0.15) is 12.8 Å². The molecule has 2 N–H and O–H groups in total. The summed E-state index contributed by atoms with van der Waals surface area (Å²) >= 11 is 0. The second kappa shape index (κ2) is 9.79. The highest BCUT2D eigenvalue weighted by Crippen LogP contribution is 2.31. The number of methoxy groups -OCH3 is 1. The van der Waals surface area contributed by atoms with Crippen molar-refractivity contribution in [2.24, 2.45) is 11.7 Å². The summed E-state index contributed by atoms with van der Waals surface area (Å²) in [4.78, 5) is 0. The van der Waals surface area contributed by atoms with E-state index in [9.17, 15) is 0 Å². The highest BCUT2D eigenvalue weighted by molar-refractivity contribution is 4.83. The Hall–Kier alpha value is -0.200. The lowest BCUT2D eigenvalue weighted by molar-refractivity contribution is 0.00140. The van der Waals surface area contributed by atoms with E-state index in [1.165, 1.54) is 12.8 Å². The van der Waals surface area contributed by atoms with E-state index in [2.05, 4.69) is 0 Å². The van der Waals surface area contributed by atoms with Crippen LogP contribution < -0.4 is 5.73 Å². The van der Waals surface area contributed by atoms with Crippen LogP contribution in [0.5, 0.6) is 0 Å². The fraction of sp³-hybridized carbons (Fsp3) is 1.00. The van der Waals surface area contributed by atoms with Gasteiger partial charge in [0, 0.05) is 13.2 Å². The van der Waals surface area contributed by atoms with Crippen molar-refractivity contribution in [1.82, 2.24) is 0 Å². The van der Waals surface area contributed by atoms with Crippen molar-refractivity contribution < 1.29 is 18.9 Å². The van der Waals surface area contributed by atoms with Gasteiger partial charge in [0.1, 0.15) is 0 Å².